The van der Waals surface area contributed by atoms with Gasteiger partial charge >= 0.3 is 11.9 Å². The van der Waals surface area contributed by atoms with Crippen molar-refractivity contribution in [1.82, 2.24) is 0 Å². The maximum Gasteiger partial charge on any atom is 0.306 e. The van der Waals surface area contributed by atoms with Crippen molar-refractivity contribution in [2.24, 2.45) is 0 Å². The fraction of sp³-hybridized carbons (Fsp3) is 0.864. The summed E-state index contributed by atoms with van der Waals surface area (Å²) in [6.45, 7) is 7.80. The first kappa shape index (κ1) is 62.1. The Morgan fingerprint density at radius 1 is 0.344 bits per heavy atom. The maximum absolute atomic E-state index is 12.8. The molecule has 0 spiro atoms. The average Bonchev–Trinajstić information content (AvgIpc) is 3.30. The smallest absolute Gasteiger partial charge is 0.306 e. The highest BCUT2D eigenvalue weighted by molar-refractivity contribution is 5.70. The van der Waals surface area contributed by atoms with Crippen molar-refractivity contribution >= 4 is 11.9 Å². The molecule has 1 atom stereocenters. The summed E-state index contributed by atoms with van der Waals surface area (Å²) < 4.78 is 17.5. The largest absolute Gasteiger partial charge is 0.462 e. The second-order valence-electron chi connectivity index (χ2n) is 19.2. The first-order valence-electron chi connectivity index (χ1n) is 28.5. The van der Waals surface area contributed by atoms with Crippen LogP contribution < -0.4 is 0 Å². The Labute approximate surface area is 400 Å². The first-order valence-corrected chi connectivity index (χ1v) is 28.5. The summed E-state index contributed by atoms with van der Waals surface area (Å²) >= 11 is 0. The van der Waals surface area contributed by atoms with Gasteiger partial charge < -0.3 is 14.2 Å². The molecule has 0 aromatic carbocycles. The lowest BCUT2D eigenvalue weighted by Crippen LogP contribution is -2.30. The fourth-order valence-electron chi connectivity index (χ4n) is 8.37. The third-order valence-corrected chi connectivity index (χ3v) is 12.6. The number of hydrogen-bond donors (Lipinski definition) is 0. The molecule has 0 aliphatic heterocycles. The van der Waals surface area contributed by atoms with E-state index in [1.807, 2.05) is 0 Å². The molecule has 0 aromatic rings. The van der Waals surface area contributed by atoms with E-state index in [4.69, 9.17) is 14.2 Å². The highest BCUT2D eigenvalue weighted by Crippen LogP contribution is 2.16. The Morgan fingerprint density at radius 2 is 0.688 bits per heavy atom. The van der Waals surface area contributed by atoms with Crippen LogP contribution in [-0.4, -0.2) is 37.9 Å². The molecule has 0 saturated heterocycles. The monoisotopic (exact) mass is 899 g/mol. The topological polar surface area (TPSA) is 61.8 Å². The number of ether oxygens (including phenoxy) is 3. The van der Waals surface area contributed by atoms with E-state index in [-0.39, 0.29) is 25.2 Å². The fourth-order valence-corrected chi connectivity index (χ4v) is 8.37. The summed E-state index contributed by atoms with van der Waals surface area (Å²) in [5.74, 6) is -0.402. The molecule has 0 radical (unpaired) electrons. The van der Waals surface area contributed by atoms with E-state index >= 15 is 0 Å². The van der Waals surface area contributed by atoms with Crippen LogP contribution in [0.1, 0.15) is 303 Å². The molecule has 0 saturated carbocycles. The number of allylic oxidation sites excluding steroid dienone is 6. The van der Waals surface area contributed by atoms with Gasteiger partial charge in [0.15, 0.2) is 6.10 Å². The van der Waals surface area contributed by atoms with E-state index in [0.29, 0.717) is 19.4 Å². The third kappa shape index (κ3) is 52.7. The second kappa shape index (κ2) is 55.4. The van der Waals surface area contributed by atoms with Gasteiger partial charge in [0.1, 0.15) is 6.61 Å². The Bertz CT molecular complexity index is 1020. The molecule has 1 unspecified atom stereocenters. The van der Waals surface area contributed by atoms with Gasteiger partial charge in [-0.15, -0.1) is 0 Å². The highest BCUT2D eigenvalue weighted by Gasteiger charge is 2.17. The molecule has 0 N–H and O–H groups in total. The molecule has 376 valence electrons. The van der Waals surface area contributed by atoms with Crippen LogP contribution in [0, 0.1) is 0 Å². The summed E-state index contributed by atoms with van der Waals surface area (Å²) in [4.78, 5) is 25.5. The zero-order chi connectivity index (χ0) is 46.3. The first-order chi connectivity index (χ1) is 31.6. The SMILES string of the molecule is CCC/C=C\C/C=C\CCCCCCCC(=O)OC(COCCCCCCCCCCCCCCCCCCCC)COC(=O)CCCCCCCCC/C=C\CCCCCCCC. The Morgan fingerprint density at radius 3 is 1.11 bits per heavy atom. The van der Waals surface area contributed by atoms with Gasteiger partial charge in [-0.1, -0.05) is 256 Å². The lowest BCUT2D eigenvalue weighted by molar-refractivity contribution is -0.163. The summed E-state index contributed by atoms with van der Waals surface area (Å²) in [6, 6.07) is 0. The van der Waals surface area contributed by atoms with Crippen molar-refractivity contribution in [1.29, 1.82) is 0 Å². The van der Waals surface area contributed by atoms with Gasteiger partial charge in [0, 0.05) is 19.4 Å². The van der Waals surface area contributed by atoms with Crippen LogP contribution in [0.25, 0.3) is 0 Å². The maximum atomic E-state index is 12.8. The summed E-state index contributed by atoms with van der Waals surface area (Å²) in [5.41, 5.74) is 0. The lowest BCUT2D eigenvalue weighted by Gasteiger charge is -2.18. The zero-order valence-corrected chi connectivity index (χ0v) is 43.3. The van der Waals surface area contributed by atoms with Gasteiger partial charge in [-0.25, -0.2) is 0 Å². The number of hydrogen-bond acceptors (Lipinski definition) is 5. The summed E-state index contributed by atoms with van der Waals surface area (Å²) in [5, 5.41) is 0. The molecule has 64 heavy (non-hydrogen) atoms. The number of unbranched alkanes of at least 4 members (excludes halogenated alkanes) is 36. The predicted octanol–water partition coefficient (Wildman–Crippen LogP) is 19.4. The van der Waals surface area contributed by atoms with E-state index in [0.717, 1.165) is 51.4 Å². The molecule has 0 aliphatic rings. The lowest BCUT2D eigenvalue weighted by atomic mass is 10.0. The number of rotatable bonds is 53. The molecule has 5 heteroatoms. The van der Waals surface area contributed by atoms with Crippen molar-refractivity contribution in [3.8, 4) is 0 Å². The van der Waals surface area contributed by atoms with Gasteiger partial charge in [0.05, 0.1) is 6.61 Å². The van der Waals surface area contributed by atoms with Crippen molar-refractivity contribution in [2.75, 3.05) is 19.8 Å². The molecule has 0 aromatic heterocycles. The van der Waals surface area contributed by atoms with E-state index in [1.165, 1.54) is 218 Å². The van der Waals surface area contributed by atoms with E-state index in [2.05, 4.69) is 57.2 Å². The summed E-state index contributed by atoms with van der Waals surface area (Å²) in [7, 11) is 0. The molecular weight excluding hydrogens is 789 g/mol. The number of esters is 2. The van der Waals surface area contributed by atoms with Crippen molar-refractivity contribution in [2.45, 2.75) is 309 Å². The Kier molecular flexibility index (Phi) is 53.8. The zero-order valence-electron chi connectivity index (χ0n) is 43.3. The van der Waals surface area contributed by atoms with Gasteiger partial charge in [-0.05, 0) is 70.6 Å². The highest BCUT2D eigenvalue weighted by atomic mass is 16.6. The number of carbonyl (C=O) groups excluding carboxylic acids is 2. The van der Waals surface area contributed by atoms with Crippen LogP contribution in [0.2, 0.25) is 0 Å². The molecule has 0 fully saturated rings. The normalized spacial score (nSPS) is 12.4. The summed E-state index contributed by atoms with van der Waals surface area (Å²) in [6.07, 6.45) is 67.3. The second-order valence-corrected chi connectivity index (χ2v) is 19.2. The molecular formula is C59H110O5. The van der Waals surface area contributed by atoms with Crippen LogP contribution in [0.4, 0.5) is 0 Å². The minimum Gasteiger partial charge on any atom is -0.462 e. The van der Waals surface area contributed by atoms with Gasteiger partial charge in [-0.3, -0.25) is 9.59 Å². The van der Waals surface area contributed by atoms with Gasteiger partial charge in [0.2, 0.25) is 0 Å². The molecule has 0 aliphatic carbocycles. The Balaban J connectivity index is 4.22. The standard InChI is InChI=1S/C59H110O5/c1-4-7-10-13-16-19-22-25-27-29-31-33-36-39-42-45-48-51-54-62-55-57(64-59(61)53-50-47-44-41-38-34-24-21-18-15-12-9-6-3)56-63-58(60)52-49-46-43-40-37-35-32-30-28-26-23-20-17-14-11-8-5-2/h12,15,21,24,26,28,57H,4-11,13-14,16-20,22-23,25,27,29-56H2,1-3H3/b15-12-,24-21-,28-26-. The van der Waals surface area contributed by atoms with Crippen LogP contribution in [-0.2, 0) is 23.8 Å². The van der Waals surface area contributed by atoms with Crippen LogP contribution in [0.5, 0.6) is 0 Å². The number of carbonyl (C=O) groups is 2. The van der Waals surface area contributed by atoms with Crippen LogP contribution in [0.3, 0.4) is 0 Å². The van der Waals surface area contributed by atoms with Crippen LogP contribution >= 0.6 is 0 Å². The molecule has 0 rings (SSSR count). The van der Waals surface area contributed by atoms with E-state index in [1.54, 1.807) is 0 Å². The molecule has 0 amide bonds. The molecule has 5 nitrogen and oxygen atoms in total. The minimum absolute atomic E-state index is 0.0824. The van der Waals surface area contributed by atoms with Crippen molar-refractivity contribution in [3.05, 3.63) is 36.5 Å². The van der Waals surface area contributed by atoms with E-state index in [9.17, 15) is 9.59 Å². The molecule has 0 heterocycles. The third-order valence-electron chi connectivity index (χ3n) is 12.6. The van der Waals surface area contributed by atoms with E-state index < -0.39 is 6.10 Å². The Hall–Kier alpha value is -1.88. The average molecular weight is 900 g/mol. The van der Waals surface area contributed by atoms with Crippen LogP contribution in [0.15, 0.2) is 36.5 Å². The molecule has 0 bridgehead atoms. The van der Waals surface area contributed by atoms with Gasteiger partial charge in [-0.2, -0.15) is 0 Å². The van der Waals surface area contributed by atoms with Crippen molar-refractivity contribution in [3.63, 3.8) is 0 Å². The quantitative estimate of drug-likeness (QED) is 0.0346. The minimum atomic E-state index is -0.541. The van der Waals surface area contributed by atoms with Crippen molar-refractivity contribution < 1.29 is 23.8 Å². The van der Waals surface area contributed by atoms with Gasteiger partial charge in [0.25, 0.3) is 0 Å². The predicted molar refractivity (Wildman–Crippen MR) is 279 cm³/mol.